The molecule has 1 unspecified atom stereocenters. The number of thioether (sulfide) groups is 1. The molecule has 0 spiro atoms. The summed E-state index contributed by atoms with van der Waals surface area (Å²) < 4.78 is 20.8. The first kappa shape index (κ1) is 23.8. The van der Waals surface area contributed by atoms with Crippen LogP contribution in [0, 0.1) is 18.3 Å². The molecule has 4 rings (SSSR count). The number of amides is 1. The van der Waals surface area contributed by atoms with Gasteiger partial charge in [-0.05, 0) is 38.8 Å². The Kier molecular flexibility index (Phi) is 7.13. The van der Waals surface area contributed by atoms with Gasteiger partial charge < -0.3 is 19.4 Å². The number of hydrogen-bond acceptors (Lipinski definition) is 6. The minimum atomic E-state index is -1.15. The van der Waals surface area contributed by atoms with Crippen molar-refractivity contribution in [3.63, 3.8) is 0 Å². The number of nitrogens with one attached hydrogen (secondary N) is 1. The van der Waals surface area contributed by atoms with Gasteiger partial charge in [-0.2, -0.15) is 5.10 Å². The highest BCUT2D eigenvalue weighted by atomic mass is 32.2. The Morgan fingerprint density at radius 1 is 1.36 bits per heavy atom. The zero-order chi connectivity index (χ0) is 23.7. The number of halogens is 1. The van der Waals surface area contributed by atoms with Gasteiger partial charge in [0.15, 0.2) is 5.17 Å². The summed E-state index contributed by atoms with van der Waals surface area (Å²) in [5.41, 5.74) is 3.55. The molecule has 8 nitrogen and oxygen atoms in total. The third-order valence-electron chi connectivity index (χ3n) is 6.42. The maximum absolute atomic E-state index is 13.5. The molecular formula is C23H33FN6O2S. The number of aromatic nitrogens is 2. The molecule has 1 N–H and O–H groups in total. The Bertz CT molecular complexity index is 1030. The highest BCUT2D eigenvalue weighted by Gasteiger charge is 2.30. The minimum Gasteiger partial charge on any atom is -0.381 e. The molecule has 2 aliphatic rings. The molecule has 2 atom stereocenters. The van der Waals surface area contributed by atoms with E-state index in [4.69, 9.17) is 15.2 Å². The Morgan fingerprint density at radius 2 is 2.09 bits per heavy atom. The Balaban J connectivity index is 1.58. The fraction of sp³-hybridized carbons (Fsp3) is 0.609. The highest BCUT2D eigenvalue weighted by molar-refractivity contribution is 8.14. The summed E-state index contributed by atoms with van der Waals surface area (Å²) in [7, 11) is 1.80. The Morgan fingerprint density at radius 3 is 2.70 bits per heavy atom. The van der Waals surface area contributed by atoms with Crippen molar-refractivity contribution in [2.45, 2.75) is 39.1 Å². The lowest BCUT2D eigenvalue weighted by atomic mass is 10.1. The van der Waals surface area contributed by atoms with Crippen LogP contribution in [0.3, 0.4) is 0 Å². The van der Waals surface area contributed by atoms with Crippen molar-refractivity contribution in [1.29, 1.82) is 5.41 Å². The smallest absolute Gasteiger partial charge is 0.228 e. The summed E-state index contributed by atoms with van der Waals surface area (Å²) >= 11 is 0.887. The van der Waals surface area contributed by atoms with Gasteiger partial charge in [-0.1, -0.05) is 18.7 Å². The number of alkyl halides is 1. The third kappa shape index (κ3) is 4.82. The van der Waals surface area contributed by atoms with E-state index in [1.54, 1.807) is 11.9 Å². The molecule has 0 aromatic carbocycles. The highest BCUT2D eigenvalue weighted by Crippen LogP contribution is 2.33. The molecule has 2 saturated heterocycles. The molecule has 4 heterocycles. The summed E-state index contributed by atoms with van der Waals surface area (Å²) in [6.45, 7) is 9.64. The van der Waals surface area contributed by atoms with Crippen LogP contribution in [0.15, 0.2) is 12.1 Å². The van der Waals surface area contributed by atoms with Gasteiger partial charge in [0.25, 0.3) is 0 Å². The number of pyridine rings is 1. The van der Waals surface area contributed by atoms with E-state index in [0.717, 1.165) is 59.6 Å². The van der Waals surface area contributed by atoms with Crippen LogP contribution in [-0.2, 0) is 16.0 Å². The van der Waals surface area contributed by atoms with E-state index in [1.165, 1.54) is 6.92 Å². The van der Waals surface area contributed by atoms with Crippen LogP contribution in [-0.4, -0.2) is 77.5 Å². The lowest BCUT2D eigenvalue weighted by Crippen LogP contribution is -2.50. The number of amidine groups is 1. The molecule has 10 heteroatoms. The SMILES string of the molecule is CCc1nn2c(C)cc(N3CCN(C(=O)[C@H]4CCOC4)CC3)cc2c1N(C)C(=N)SC(C)F. The number of nitrogens with zero attached hydrogens (tertiary/aromatic N) is 5. The number of ether oxygens (including phenoxy) is 1. The second-order valence-corrected chi connectivity index (χ2v) is 9.97. The maximum Gasteiger partial charge on any atom is 0.228 e. The van der Waals surface area contributed by atoms with Crippen molar-refractivity contribution in [1.82, 2.24) is 14.5 Å². The molecule has 2 aromatic heterocycles. The van der Waals surface area contributed by atoms with Gasteiger partial charge >= 0.3 is 0 Å². The van der Waals surface area contributed by atoms with Crippen LogP contribution >= 0.6 is 11.8 Å². The van der Waals surface area contributed by atoms with Crippen LogP contribution < -0.4 is 9.80 Å². The standard InChI is InChI=1S/C23H33FN6O2S/c1-5-19-21(27(4)23(25)33-16(3)24)20-13-18(12-15(2)30(20)26-19)28-7-9-29(10-8-28)22(31)17-6-11-32-14-17/h12-13,16-17,25H,5-11,14H2,1-4H3/t16?,17-/m0/s1. The molecule has 2 aliphatic heterocycles. The zero-order valence-corrected chi connectivity index (χ0v) is 20.6. The quantitative estimate of drug-likeness (QED) is 0.527. The average molecular weight is 477 g/mol. The molecule has 180 valence electrons. The number of fused-ring (bicyclic) bond motifs is 1. The molecule has 0 radical (unpaired) electrons. The van der Waals surface area contributed by atoms with Crippen molar-refractivity contribution in [2.24, 2.45) is 5.92 Å². The predicted molar refractivity (Wildman–Crippen MR) is 131 cm³/mol. The first-order valence-corrected chi connectivity index (χ1v) is 12.4. The number of rotatable bonds is 5. The normalized spacial score (nSPS) is 19.8. The number of carbonyl (C=O) groups is 1. The largest absolute Gasteiger partial charge is 0.381 e. The number of anilines is 2. The second kappa shape index (κ2) is 9.89. The molecule has 1 amide bonds. The van der Waals surface area contributed by atoms with E-state index < -0.39 is 5.50 Å². The van der Waals surface area contributed by atoms with Gasteiger partial charge in [0.05, 0.1) is 29.4 Å². The van der Waals surface area contributed by atoms with Crippen molar-refractivity contribution in [3.8, 4) is 0 Å². The van der Waals surface area contributed by atoms with Crippen LogP contribution in [0.5, 0.6) is 0 Å². The number of piperazine rings is 1. The molecule has 0 bridgehead atoms. The fourth-order valence-corrected chi connectivity index (χ4v) is 5.18. The number of aryl methyl sites for hydroxylation is 2. The number of carbonyl (C=O) groups excluding carboxylic acids is 1. The Hall–Kier alpha value is -2.33. The van der Waals surface area contributed by atoms with E-state index in [-0.39, 0.29) is 17.0 Å². The van der Waals surface area contributed by atoms with Crippen molar-refractivity contribution in [2.75, 3.05) is 56.2 Å². The molecular weight excluding hydrogens is 443 g/mol. The summed E-state index contributed by atoms with van der Waals surface area (Å²) in [6.07, 6.45) is 1.53. The van der Waals surface area contributed by atoms with E-state index >= 15 is 0 Å². The van der Waals surface area contributed by atoms with Gasteiger partial charge in [0.1, 0.15) is 5.50 Å². The fourth-order valence-electron chi connectivity index (χ4n) is 4.62. The predicted octanol–water partition coefficient (Wildman–Crippen LogP) is 3.31. The first-order chi connectivity index (χ1) is 15.8. The van der Waals surface area contributed by atoms with Crippen molar-refractivity contribution < 1.29 is 13.9 Å². The van der Waals surface area contributed by atoms with Crippen LogP contribution in [0.4, 0.5) is 15.8 Å². The first-order valence-electron chi connectivity index (χ1n) is 11.6. The molecule has 2 aromatic rings. The van der Waals surface area contributed by atoms with E-state index in [0.29, 0.717) is 32.7 Å². The van der Waals surface area contributed by atoms with E-state index in [1.807, 2.05) is 23.3 Å². The summed E-state index contributed by atoms with van der Waals surface area (Å²) in [5.74, 6) is 0.219. The minimum absolute atomic E-state index is 0.00715. The van der Waals surface area contributed by atoms with Gasteiger partial charge in [-0.25, -0.2) is 8.91 Å². The Labute approximate surface area is 198 Å². The summed E-state index contributed by atoms with van der Waals surface area (Å²) in [6, 6.07) is 4.22. The van der Waals surface area contributed by atoms with Gasteiger partial charge in [-0.3, -0.25) is 10.2 Å². The van der Waals surface area contributed by atoms with Crippen LogP contribution in [0.1, 0.15) is 31.7 Å². The van der Waals surface area contributed by atoms with Crippen LogP contribution in [0.2, 0.25) is 0 Å². The average Bonchev–Trinajstić information content (AvgIpc) is 3.46. The monoisotopic (exact) mass is 476 g/mol. The summed E-state index contributed by atoms with van der Waals surface area (Å²) in [4.78, 5) is 18.7. The zero-order valence-electron chi connectivity index (χ0n) is 19.8. The van der Waals surface area contributed by atoms with E-state index in [9.17, 15) is 9.18 Å². The molecule has 2 fully saturated rings. The number of hydrogen-bond donors (Lipinski definition) is 1. The van der Waals surface area contributed by atoms with Crippen molar-refractivity contribution >= 4 is 39.7 Å². The van der Waals surface area contributed by atoms with Gasteiger partial charge in [0, 0.05) is 51.2 Å². The molecule has 0 aliphatic carbocycles. The summed E-state index contributed by atoms with van der Waals surface area (Å²) in [5, 5.41) is 13.3. The van der Waals surface area contributed by atoms with Gasteiger partial charge in [-0.15, -0.1) is 0 Å². The van der Waals surface area contributed by atoms with Crippen molar-refractivity contribution in [3.05, 3.63) is 23.5 Å². The topological polar surface area (TPSA) is 77.2 Å². The van der Waals surface area contributed by atoms with Gasteiger partial charge in [0.2, 0.25) is 5.91 Å². The lowest BCUT2D eigenvalue weighted by molar-refractivity contribution is -0.135. The van der Waals surface area contributed by atoms with E-state index in [2.05, 4.69) is 17.0 Å². The maximum atomic E-state index is 13.5. The second-order valence-electron chi connectivity index (χ2n) is 8.70. The molecule has 0 saturated carbocycles. The third-order valence-corrected chi connectivity index (χ3v) is 7.25. The lowest BCUT2D eigenvalue weighted by Gasteiger charge is -2.37. The van der Waals surface area contributed by atoms with Crippen LogP contribution in [0.25, 0.3) is 5.52 Å². The molecule has 33 heavy (non-hydrogen) atoms.